The van der Waals surface area contributed by atoms with E-state index < -0.39 is 0 Å². The zero-order valence-electron chi connectivity index (χ0n) is 10.5. The van der Waals surface area contributed by atoms with Crippen LogP contribution < -0.4 is 15.4 Å². The Morgan fingerprint density at radius 1 is 1.44 bits per heavy atom. The van der Waals surface area contributed by atoms with E-state index >= 15 is 0 Å². The molecule has 5 nitrogen and oxygen atoms in total. The number of halogens is 1. The molecule has 0 aromatic heterocycles. The van der Waals surface area contributed by atoms with Crippen LogP contribution in [-0.4, -0.2) is 32.9 Å². The van der Waals surface area contributed by atoms with Crippen molar-refractivity contribution in [3.63, 3.8) is 0 Å². The second kappa shape index (κ2) is 7.94. The number of urea groups is 1. The molecule has 1 aromatic rings. The molecule has 0 saturated heterocycles. The second-order valence-corrected chi connectivity index (χ2v) is 4.36. The van der Waals surface area contributed by atoms with Crippen molar-refractivity contribution in [3.05, 3.63) is 22.7 Å². The van der Waals surface area contributed by atoms with E-state index in [1.54, 1.807) is 19.2 Å². The van der Waals surface area contributed by atoms with Gasteiger partial charge in [0.15, 0.2) is 0 Å². The minimum atomic E-state index is -0.286. The van der Waals surface area contributed by atoms with Crippen molar-refractivity contribution in [1.29, 1.82) is 0 Å². The summed E-state index contributed by atoms with van der Waals surface area (Å²) in [5.41, 5.74) is 0.626. The number of benzene rings is 1. The number of amides is 2. The summed E-state index contributed by atoms with van der Waals surface area (Å²) < 4.78 is 11.2. The Morgan fingerprint density at radius 3 is 2.89 bits per heavy atom. The molecule has 2 amide bonds. The van der Waals surface area contributed by atoms with E-state index in [-0.39, 0.29) is 6.03 Å². The van der Waals surface area contributed by atoms with E-state index in [4.69, 9.17) is 9.47 Å². The third-order valence-electron chi connectivity index (χ3n) is 2.08. The van der Waals surface area contributed by atoms with Gasteiger partial charge in [0.1, 0.15) is 5.75 Å². The molecule has 0 spiro atoms. The number of carbonyl (C=O) groups excluding carboxylic acids is 1. The normalized spacial score (nSPS) is 9.94. The summed E-state index contributed by atoms with van der Waals surface area (Å²) in [6.07, 6.45) is 0. The van der Waals surface area contributed by atoms with E-state index in [9.17, 15) is 4.79 Å². The predicted molar refractivity (Wildman–Crippen MR) is 74.2 cm³/mol. The minimum Gasteiger partial charge on any atom is -0.492 e. The molecule has 0 unspecified atom stereocenters. The lowest BCUT2D eigenvalue weighted by Gasteiger charge is -2.12. The average Bonchev–Trinajstić information content (AvgIpc) is 2.33. The molecular weight excluding hydrogens is 300 g/mol. The molecule has 2 N–H and O–H groups in total. The smallest absolute Gasteiger partial charge is 0.319 e. The number of methoxy groups -OCH3 is 1. The molecule has 0 radical (unpaired) electrons. The number of carbonyl (C=O) groups is 1. The zero-order valence-corrected chi connectivity index (χ0v) is 12.0. The summed E-state index contributed by atoms with van der Waals surface area (Å²) in [7, 11) is 1.58. The Balaban J connectivity index is 2.63. The Kier molecular flexibility index (Phi) is 6.53. The Bertz CT molecular complexity index is 399. The molecule has 1 aromatic carbocycles. The van der Waals surface area contributed by atoms with Crippen molar-refractivity contribution in [2.75, 3.05) is 32.2 Å². The summed E-state index contributed by atoms with van der Waals surface area (Å²) >= 11 is 3.35. The third kappa shape index (κ3) is 4.93. The summed E-state index contributed by atoms with van der Waals surface area (Å²) in [5, 5.41) is 5.41. The maximum Gasteiger partial charge on any atom is 0.319 e. The molecule has 0 atom stereocenters. The lowest BCUT2D eigenvalue weighted by Crippen LogP contribution is -2.31. The lowest BCUT2D eigenvalue weighted by molar-refractivity contribution is 0.198. The molecule has 0 bridgehead atoms. The van der Waals surface area contributed by atoms with Gasteiger partial charge in [0.05, 0.1) is 18.9 Å². The van der Waals surface area contributed by atoms with Gasteiger partial charge in [-0.15, -0.1) is 0 Å². The van der Waals surface area contributed by atoms with Gasteiger partial charge in [0, 0.05) is 18.1 Å². The molecular formula is C12H17BrN2O3. The van der Waals surface area contributed by atoms with E-state index in [0.717, 1.165) is 4.47 Å². The van der Waals surface area contributed by atoms with Gasteiger partial charge in [0.2, 0.25) is 0 Å². The van der Waals surface area contributed by atoms with Crippen molar-refractivity contribution in [2.45, 2.75) is 6.92 Å². The number of anilines is 1. The fourth-order valence-electron chi connectivity index (χ4n) is 1.31. The molecule has 0 aliphatic heterocycles. The predicted octanol–water partition coefficient (Wildman–Crippen LogP) is 2.62. The summed E-state index contributed by atoms with van der Waals surface area (Å²) in [6, 6.07) is 5.17. The first-order valence-corrected chi connectivity index (χ1v) is 6.42. The molecule has 100 valence electrons. The van der Waals surface area contributed by atoms with Crippen LogP contribution >= 0.6 is 15.9 Å². The number of hydrogen-bond donors (Lipinski definition) is 2. The largest absolute Gasteiger partial charge is 0.492 e. The van der Waals surface area contributed by atoms with Crippen LogP contribution in [0.4, 0.5) is 10.5 Å². The van der Waals surface area contributed by atoms with Crippen LogP contribution in [0.5, 0.6) is 5.75 Å². The summed E-state index contributed by atoms with van der Waals surface area (Å²) in [6.45, 7) is 3.37. The van der Waals surface area contributed by atoms with Crippen molar-refractivity contribution >= 4 is 27.6 Å². The highest BCUT2D eigenvalue weighted by Crippen LogP contribution is 2.28. The Labute approximate surface area is 115 Å². The first-order chi connectivity index (χ1) is 8.67. The number of nitrogens with one attached hydrogen (secondary N) is 2. The third-order valence-corrected chi connectivity index (χ3v) is 2.57. The lowest BCUT2D eigenvalue weighted by atomic mass is 10.3. The van der Waals surface area contributed by atoms with Gasteiger partial charge in [0.25, 0.3) is 0 Å². The van der Waals surface area contributed by atoms with Crippen molar-refractivity contribution in [1.82, 2.24) is 5.32 Å². The van der Waals surface area contributed by atoms with Crippen LogP contribution in [0.15, 0.2) is 22.7 Å². The van der Waals surface area contributed by atoms with Crippen LogP contribution in [0.1, 0.15) is 6.92 Å². The molecule has 18 heavy (non-hydrogen) atoms. The first-order valence-electron chi connectivity index (χ1n) is 5.63. The van der Waals surface area contributed by atoms with E-state index in [1.165, 1.54) is 0 Å². The number of rotatable bonds is 6. The molecule has 1 rings (SSSR count). The maximum absolute atomic E-state index is 11.6. The standard InChI is InChI=1S/C12H17BrN2O3/c1-3-18-11-5-4-9(13)8-10(11)15-12(16)14-6-7-17-2/h4-5,8H,3,6-7H2,1-2H3,(H2,14,15,16). The molecule has 0 aliphatic carbocycles. The Hall–Kier alpha value is -1.27. The molecule has 0 saturated carbocycles. The van der Waals surface area contributed by atoms with Crippen LogP contribution in [0.3, 0.4) is 0 Å². The monoisotopic (exact) mass is 316 g/mol. The van der Waals surface area contributed by atoms with E-state index in [2.05, 4.69) is 26.6 Å². The fraction of sp³-hybridized carbons (Fsp3) is 0.417. The van der Waals surface area contributed by atoms with E-state index in [0.29, 0.717) is 31.2 Å². The summed E-state index contributed by atoms with van der Waals surface area (Å²) in [5.74, 6) is 0.641. The van der Waals surface area contributed by atoms with Gasteiger partial charge >= 0.3 is 6.03 Å². The highest BCUT2D eigenvalue weighted by Gasteiger charge is 2.07. The summed E-state index contributed by atoms with van der Waals surface area (Å²) in [4.78, 5) is 11.6. The minimum absolute atomic E-state index is 0.286. The van der Waals surface area contributed by atoms with Crippen LogP contribution in [0, 0.1) is 0 Å². The van der Waals surface area contributed by atoms with Crippen LogP contribution in [0.25, 0.3) is 0 Å². The molecule has 6 heteroatoms. The first kappa shape index (κ1) is 14.8. The quantitative estimate of drug-likeness (QED) is 0.793. The second-order valence-electron chi connectivity index (χ2n) is 3.45. The van der Waals surface area contributed by atoms with Crippen LogP contribution in [0.2, 0.25) is 0 Å². The number of hydrogen-bond acceptors (Lipinski definition) is 3. The molecule has 0 aliphatic rings. The van der Waals surface area contributed by atoms with Gasteiger partial charge in [-0.2, -0.15) is 0 Å². The van der Waals surface area contributed by atoms with Gasteiger partial charge in [-0.05, 0) is 25.1 Å². The van der Waals surface area contributed by atoms with E-state index in [1.807, 2.05) is 13.0 Å². The van der Waals surface area contributed by atoms with Gasteiger partial charge in [-0.3, -0.25) is 0 Å². The van der Waals surface area contributed by atoms with Crippen molar-refractivity contribution in [2.24, 2.45) is 0 Å². The maximum atomic E-state index is 11.6. The topological polar surface area (TPSA) is 59.6 Å². The number of ether oxygens (including phenoxy) is 2. The zero-order chi connectivity index (χ0) is 13.4. The molecule has 0 heterocycles. The van der Waals surface area contributed by atoms with Crippen molar-refractivity contribution in [3.8, 4) is 5.75 Å². The average molecular weight is 317 g/mol. The van der Waals surface area contributed by atoms with Crippen LogP contribution in [-0.2, 0) is 4.74 Å². The SMILES string of the molecule is CCOc1ccc(Br)cc1NC(=O)NCCOC. The fourth-order valence-corrected chi connectivity index (χ4v) is 1.68. The molecule has 0 fully saturated rings. The Morgan fingerprint density at radius 2 is 2.22 bits per heavy atom. The van der Waals surface area contributed by atoms with Gasteiger partial charge in [-0.1, -0.05) is 15.9 Å². The highest BCUT2D eigenvalue weighted by atomic mass is 79.9. The van der Waals surface area contributed by atoms with Crippen molar-refractivity contribution < 1.29 is 14.3 Å². The highest BCUT2D eigenvalue weighted by molar-refractivity contribution is 9.10. The van der Waals surface area contributed by atoms with Gasteiger partial charge < -0.3 is 20.1 Å². The van der Waals surface area contributed by atoms with Gasteiger partial charge in [-0.25, -0.2) is 4.79 Å².